The zero-order chi connectivity index (χ0) is 25.3. The van der Waals surface area contributed by atoms with Crippen LogP contribution < -0.4 is 9.47 Å². The van der Waals surface area contributed by atoms with Crippen LogP contribution in [0.2, 0.25) is 10.0 Å². The Hall–Kier alpha value is -2.35. The van der Waals surface area contributed by atoms with Crippen LogP contribution in [0.3, 0.4) is 0 Å². The molecule has 0 aliphatic rings. The zero-order valence-corrected chi connectivity index (χ0v) is 22.2. The smallest absolute Gasteiger partial charge is 0.341 e. The number of hydrogen-bond donors (Lipinski definition) is 0. The summed E-state index contributed by atoms with van der Waals surface area (Å²) in [7, 11) is 5.44. The number of methoxy groups -OCH3 is 4. The van der Waals surface area contributed by atoms with Crippen molar-refractivity contribution in [3.63, 3.8) is 0 Å². The molecule has 9 heteroatoms. The largest absolute Gasteiger partial charge is 0.494 e. The van der Waals surface area contributed by atoms with Gasteiger partial charge in [-0.1, -0.05) is 29.3 Å². The van der Waals surface area contributed by atoms with Gasteiger partial charge in [-0.05, 0) is 72.2 Å². The molecule has 0 spiro atoms. The molecule has 0 aliphatic heterocycles. The van der Waals surface area contributed by atoms with Crippen LogP contribution >= 0.6 is 35.0 Å². The number of hydrogen-bond acceptors (Lipinski definition) is 7. The fraction of sp³-hybridized carbons (Fsp3) is 0.360. The molecule has 0 N–H and O–H groups in total. The fourth-order valence-electron chi connectivity index (χ4n) is 3.48. The van der Waals surface area contributed by atoms with Crippen molar-refractivity contribution >= 4 is 52.5 Å². The van der Waals surface area contributed by atoms with E-state index in [4.69, 9.17) is 42.1 Å². The molecule has 6 nitrogen and oxygen atoms in total. The Balaban J connectivity index is 2.73. The van der Waals surface area contributed by atoms with Crippen molar-refractivity contribution in [3.8, 4) is 11.5 Å². The number of unbranched alkanes of at least 4 members (excludes halogenated alkanes) is 2. The second-order valence-corrected chi connectivity index (χ2v) is 8.97. The average molecular weight is 527 g/mol. The van der Waals surface area contributed by atoms with Gasteiger partial charge in [-0.2, -0.15) is 11.8 Å². The van der Waals surface area contributed by atoms with Crippen molar-refractivity contribution < 1.29 is 28.5 Å². The quantitative estimate of drug-likeness (QED) is 0.242. The first-order valence-electron chi connectivity index (χ1n) is 10.4. The van der Waals surface area contributed by atoms with Gasteiger partial charge in [0.2, 0.25) is 0 Å². The topological polar surface area (TPSA) is 71.1 Å². The predicted molar refractivity (Wildman–Crippen MR) is 138 cm³/mol. The van der Waals surface area contributed by atoms with Gasteiger partial charge in [0.05, 0.1) is 38.5 Å². The van der Waals surface area contributed by atoms with Crippen molar-refractivity contribution in [2.45, 2.75) is 19.3 Å². The van der Waals surface area contributed by atoms with Crippen molar-refractivity contribution in [2.75, 3.05) is 40.4 Å². The molecule has 0 radical (unpaired) electrons. The normalized spacial score (nSPS) is 10.4. The molecule has 0 atom stereocenters. The molecule has 2 aromatic rings. The number of carbonyl (C=O) groups is 2. The first-order chi connectivity index (χ1) is 16.3. The second kappa shape index (κ2) is 13.5. The second-order valence-electron chi connectivity index (χ2n) is 7.17. The summed E-state index contributed by atoms with van der Waals surface area (Å²) in [6.07, 6.45) is 6.90. The van der Waals surface area contributed by atoms with Gasteiger partial charge in [0.25, 0.3) is 0 Å². The number of carbonyl (C=O) groups excluding carboxylic acids is 2. The molecule has 0 bridgehead atoms. The summed E-state index contributed by atoms with van der Waals surface area (Å²) in [5.74, 6) is 0.343. The van der Waals surface area contributed by atoms with Crippen LogP contribution in [0, 0.1) is 0 Å². The maximum absolute atomic E-state index is 12.4. The highest BCUT2D eigenvalue weighted by molar-refractivity contribution is 7.98. The molecule has 0 fully saturated rings. The standard InChI is InChI=1S/C25H28Cl2O6S/c1-30-22-18(24(28)32-3)11-15(13-20(22)26)17(9-7-6-8-10-34-5)16-12-19(25(29)33-4)23(31-2)21(27)14-16/h9,11-14H,6-8,10H2,1-5H3. The fourth-order valence-corrected chi connectivity index (χ4v) is 4.56. The molecule has 0 aromatic heterocycles. The Labute approximate surface area is 214 Å². The number of allylic oxidation sites excluding steroid dienone is 1. The number of rotatable bonds is 11. The summed E-state index contributed by atoms with van der Waals surface area (Å²) in [6.45, 7) is 0. The first-order valence-corrected chi connectivity index (χ1v) is 12.6. The third kappa shape index (κ3) is 6.62. The molecular formula is C25H28Cl2O6S. The van der Waals surface area contributed by atoms with Gasteiger partial charge < -0.3 is 18.9 Å². The van der Waals surface area contributed by atoms with E-state index in [1.807, 2.05) is 6.08 Å². The first kappa shape index (κ1) is 27.9. The summed E-state index contributed by atoms with van der Waals surface area (Å²) in [4.78, 5) is 24.9. The van der Waals surface area contributed by atoms with Crippen LogP contribution in [0.25, 0.3) is 5.57 Å². The molecule has 0 aliphatic carbocycles. The minimum absolute atomic E-state index is 0.189. The lowest BCUT2D eigenvalue weighted by Gasteiger charge is -2.17. The third-order valence-corrected chi connectivity index (χ3v) is 6.34. The molecule has 0 saturated heterocycles. The maximum Gasteiger partial charge on any atom is 0.341 e. The zero-order valence-electron chi connectivity index (χ0n) is 19.8. The van der Waals surface area contributed by atoms with Crippen LogP contribution in [-0.2, 0) is 9.47 Å². The van der Waals surface area contributed by atoms with E-state index in [0.29, 0.717) is 11.1 Å². The van der Waals surface area contributed by atoms with E-state index in [1.54, 1.807) is 36.0 Å². The van der Waals surface area contributed by atoms with Crippen LogP contribution in [-0.4, -0.2) is 52.4 Å². The highest BCUT2D eigenvalue weighted by Crippen LogP contribution is 2.39. The Morgan fingerprint density at radius 2 is 1.29 bits per heavy atom. The molecule has 2 rings (SSSR count). The molecule has 0 heterocycles. The van der Waals surface area contributed by atoms with Gasteiger partial charge in [-0.15, -0.1) is 0 Å². The van der Waals surface area contributed by atoms with Crippen LogP contribution in [0.4, 0.5) is 0 Å². The van der Waals surface area contributed by atoms with Gasteiger partial charge in [0.15, 0.2) is 11.5 Å². The minimum Gasteiger partial charge on any atom is -0.494 e. The Kier molecular flexibility index (Phi) is 11.1. The summed E-state index contributed by atoms with van der Waals surface area (Å²) in [6, 6.07) is 6.72. The highest BCUT2D eigenvalue weighted by Gasteiger charge is 2.22. The van der Waals surface area contributed by atoms with Crippen molar-refractivity contribution in [1.82, 2.24) is 0 Å². The van der Waals surface area contributed by atoms with E-state index >= 15 is 0 Å². The molecule has 2 aromatic carbocycles. The van der Waals surface area contributed by atoms with E-state index in [9.17, 15) is 9.59 Å². The average Bonchev–Trinajstić information content (AvgIpc) is 2.84. The summed E-state index contributed by atoms with van der Waals surface area (Å²) in [5.41, 5.74) is 2.41. The maximum atomic E-state index is 12.4. The lowest BCUT2D eigenvalue weighted by molar-refractivity contribution is 0.0588. The van der Waals surface area contributed by atoms with Gasteiger partial charge in [0, 0.05) is 0 Å². The van der Waals surface area contributed by atoms with Crippen LogP contribution in [0.5, 0.6) is 11.5 Å². The molecule has 34 heavy (non-hydrogen) atoms. The third-order valence-electron chi connectivity index (χ3n) is 5.08. The van der Waals surface area contributed by atoms with Crippen molar-refractivity contribution in [2.24, 2.45) is 0 Å². The Bertz CT molecular complexity index is 992. The van der Waals surface area contributed by atoms with Crippen molar-refractivity contribution in [3.05, 3.63) is 62.6 Å². The number of ether oxygens (including phenoxy) is 4. The Morgan fingerprint density at radius 3 is 1.68 bits per heavy atom. The van der Waals surface area contributed by atoms with E-state index < -0.39 is 11.9 Å². The SMILES string of the molecule is COC(=O)c1cc(C(=CCCCCSC)c2cc(Cl)c(OC)c(C(=O)OC)c2)cc(Cl)c1OC. The van der Waals surface area contributed by atoms with E-state index in [2.05, 4.69) is 6.26 Å². The number of thioether (sulfide) groups is 1. The van der Waals surface area contributed by atoms with E-state index in [-0.39, 0.29) is 32.7 Å². The van der Waals surface area contributed by atoms with Gasteiger partial charge in [-0.25, -0.2) is 9.59 Å². The van der Waals surface area contributed by atoms with Gasteiger partial charge in [-0.3, -0.25) is 0 Å². The monoisotopic (exact) mass is 526 g/mol. The Morgan fingerprint density at radius 1 is 0.824 bits per heavy atom. The number of benzene rings is 2. The molecule has 184 valence electrons. The van der Waals surface area contributed by atoms with E-state index in [0.717, 1.165) is 30.6 Å². The van der Waals surface area contributed by atoms with Gasteiger partial charge in [0.1, 0.15) is 11.1 Å². The summed E-state index contributed by atoms with van der Waals surface area (Å²) in [5, 5.41) is 0.503. The van der Waals surface area contributed by atoms with E-state index in [1.165, 1.54) is 28.4 Å². The molecule has 0 unspecified atom stereocenters. The summed E-state index contributed by atoms with van der Waals surface area (Å²) >= 11 is 14.7. The highest BCUT2D eigenvalue weighted by atomic mass is 35.5. The van der Waals surface area contributed by atoms with Gasteiger partial charge >= 0.3 is 11.9 Å². The lowest BCUT2D eigenvalue weighted by atomic mass is 9.93. The van der Waals surface area contributed by atoms with Crippen LogP contribution in [0.15, 0.2) is 30.3 Å². The minimum atomic E-state index is -0.581. The van der Waals surface area contributed by atoms with Crippen molar-refractivity contribution in [1.29, 1.82) is 0 Å². The van der Waals surface area contributed by atoms with Crippen LogP contribution in [0.1, 0.15) is 51.1 Å². The molecule has 0 saturated carbocycles. The summed E-state index contributed by atoms with van der Waals surface area (Å²) < 4.78 is 20.5. The number of esters is 2. The number of halogens is 2. The molecule has 0 amide bonds. The lowest BCUT2D eigenvalue weighted by Crippen LogP contribution is -2.07. The predicted octanol–water partition coefficient (Wildman–Crippen LogP) is 6.55. The molecular weight excluding hydrogens is 499 g/mol.